The summed E-state index contributed by atoms with van der Waals surface area (Å²) in [5.41, 5.74) is 1.94. The van der Waals surface area contributed by atoms with Gasteiger partial charge in [-0.1, -0.05) is 36.9 Å². The zero-order chi connectivity index (χ0) is 16.9. The maximum absolute atomic E-state index is 12.8. The number of aliphatic hydroxyl groups excluding tert-OH is 1. The first-order valence-electron chi connectivity index (χ1n) is 9.12. The lowest BCUT2D eigenvalue weighted by Gasteiger charge is -2.31. The van der Waals surface area contributed by atoms with Crippen molar-refractivity contribution in [3.05, 3.63) is 28.8 Å². The van der Waals surface area contributed by atoms with E-state index < -0.39 is 0 Å². The number of hydrogen-bond acceptors (Lipinski definition) is 3. The van der Waals surface area contributed by atoms with E-state index in [9.17, 15) is 4.79 Å². The molecule has 1 aromatic rings. The fourth-order valence-electron chi connectivity index (χ4n) is 4.00. The Morgan fingerprint density at radius 1 is 1.21 bits per heavy atom. The first-order chi connectivity index (χ1) is 11.7. The molecule has 0 spiro atoms. The smallest absolute Gasteiger partial charge is 0.226 e. The van der Waals surface area contributed by atoms with Crippen molar-refractivity contribution < 1.29 is 9.90 Å². The monoisotopic (exact) mass is 350 g/mol. The Hall–Kier alpha value is -1.26. The lowest BCUT2D eigenvalue weighted by Crippen LogP contribution is -2.39. The molecular formula is C19H27ClN2O2. The van der Waals surface area contributed by atoms with Crippen LogP contribution in [0, 0.1) is 5.92 Å². The molecule has 132 valence electrons. The molecule has 1 aliphatic heterocycles. The second kappa shape index (κ2) is 8.21. The predicted octanol–water partition coefficient (Wildman–Crippen LogP) is 3.47. The number of benzene rings is 1. The fraction of sp³-hybridized carbons (Fsp3) is 0.632. The zero-order valence-electron chi connectivity index (χ0n) is 14.1. The number of amides is 1. The second-order valence-electron chi connectivity index (χ2n) is 6.97. The largest absolute Gasteiger partial charge is 0.395 e. The highest BCUT2D eigenvalue weighted by molar-refractivity contribution is 6.31. The van der Waals surface area contributed by atoms with Crippen LogP contribution in [-0.4, -0.2) is 41.7 Å². The lowest BCUT2D eigenvalue weighted by molar-refractivity contribution is -0.133. The topological polar surface area (TPSA) is 52.6 Å². The molecule has 0 radical (unpaired) electrons. The van der Waals surface area contributed by atoms with Crippen LogP contribution in [0.3, 0.4) is 0 Å². The van der Waals surface area contributed by atoms with E-state index in [2.05, 4.69) is 10.2 Å². The number of anilines is 1. The van der Waals surface area contributed by atoms with Gasteiger partial charge < -0.3 is 15.3 Å². The van der Waals surface area contributed by atoms with E-state index in [-0.39, 0.29) is 12.5 Å². The third-order valence-electron chi connectivity index (χ3n) is 5.33. The molecule has 1 saturated heterocycles. The minimum absolute atomic E-state index is 0.0701. The van der Waals surface area contributed by atoms with Gasteiger partial charge in [-0.15, -0.1) is 0 Å². The number of likely N-dealkylation sites (tertiary alicyclic amines) is 1. The van der Waals surface area contributed by atoms with Gasteiger partial charge in [0.2, 0.25) is 5.91 Å². The molecule has 3 rings (SSSR count). The van der Waals surface area contributed by atoms with Gasteiger partial charge in [-0.2, -0.15) is 0 Å². The van der Waals surface area contributed by atoms with Gasteiger partial charge in [-0.25, -0.2) is 0 Å². The van der Waals surface area contributed by atoms with E-state index in [4.69, 9.17) is 16.7 Å². The van der Waals surface area contributed by atoms with Crippen LogP contribution in [0.5, 0.6) is 0 Å². The molecule has 1 atom stereocenters. The Morgan fingerprint density at radius 3 is 2.71 bits per heavy atom. The molecule has 1 amide bonds. The Labute approximate surface area is 149 Å². The highest BCUT2D eigenvalue weighted by Gasteiger charge is 2.36. The second-order valence-corrected chi connectivity index (χ2v) is 7.38. The fourth-order valence-corrected chi connectivity index (χ4v) is 4.25. The van der Waals surface area contributed by atoms with Crippen molar-refractivity contribution in [3.63, 3.8) is 0 Å². The minimum atomic E-state index is 0.0701. The molecule has 4 nitrogen and oxygen atoms in total. The van der Waals surface area contributed by atoms with Crippen molar-refractivity contribution >= 4 is 23.2 Å². The summed E-state index contributed by atoms with van der Waals surface area (Å²) in [5, 5.41) is 12.7. The highest BCUT2D eigenvalue weighted by atomic mass is 35.5. The Morgan fingerprint density at radius 2 is 2.00 bits per heavy atom. The van der Waals surface area contributed by atoms with Crippen molar-refractivity contribution in [1.29, 1.82) is 0 Å². The summed E-state index contributed by atoms with van der Waals surface area (Å²) >= 11 is 6.39. The van der Waals surface area contributed by atoms with Crippen molar-refractivity contribution in [2.24, 2.45) is 5.92 Å². The zero-order valence-corrected chi connectivity index (χ0v) is 14.9. The Balaban J connectivity index is 1.61. The van der Waals surface area contributed by atoms with E-state index >= 15 is 0 Å². The predicted molar refractivity (Wildman–Crippen MR) is 97.4 cm³/mol. The average Bonchev–Trinajstić information content (AvgIpc) is 2.96. The third-order valence-corrected chi connectivity index (χ3v) is 5.68. The van der Waals surface area contributed by atoms with Gasteiger partial charge >= 0.3 is 0 Å². The number of nitrogens with zero attached hydrogens (tertiary/aromatic N) is 1. The molecule has 2 N–H and O–H groups in total. The Bertz CT molecular complexity index is 572. The van der Waals surface area contributed by atoms with Crippen molar-refractivity contribution in [2.75, 3.05) is 25.0 Å². The first kappa shape index (κ1) is 17.6. The first-order valence-corrected chi connectivity index (χ1v) is 9.50. The van der Waals surface area contributed by atoms with Crippen molar-refractivity contribution in [2.45, 2.75) is 51.0 Å². The van der Waals surface area contributed by atoms with E-state index in [0.29, 0.717) is 23.5 Å². The number of carbonyl (C=O) groups excluding carboxylic acids is 1. The SMILES string of the molecule is O=C1C(Cc2ccc(NCCO)cc2Cl)CCN1C1CCCCC1. The van der Waals surface area contributed by atoms with Crippen molar-refractivity contribution in [3.8, 4) is 0 Å². The normalized spacial score (nSPS) is 22.2. The van der Waals surface area contributed by atoms with E-state index in [1.165, 1.54) is 32.1 Å². The summed E-state index contributed by atoms with van der Waals surface area (Å²) in [4.78, 5) is 14.9. The summed E-state index contributed by atoms with van der Waals surface area (Å²) in [5.74, 6) is 0.390. The maximum atomic E-state index is 12.8. The minimum Gasteiger partial charge on any atom is -0.395 e. The quantitative estimate of drug-likeness (QED) is 0.826. The third kappa shape index (κ3) is 4.04. The van der Waals surface area contributed by atoms with Crippen molar-refractivity contribution in [1.82, 2.24) is 4.90 Å². The van der Waals surface area contributed by atoms with Gasteiger partial charge in [-0.3, -0.25) is 4.79 Å². The van der Waals surface area contributed by atoms with Crippen LogP contribution in [0.15, 0.2) is 18.2 Å². The van der Waals surface area contributed by atoms with E-state index in [0.717, 1.165) is 30.6 Å². The average molecular weight is 351 g/mol. The standard InChI is InChI=1S/C19H27ClN2O2/c20-18-13-16(21-9-11-23)7-6-14(18)12-15-8-10-22(19(15)24)17-4-2-1-3-5-17/h6-7,13,15,17,21,23H,1-5,8-12H2. The lowest BCUT2D eigenvalue weighted by atomic mass is 9.94. The van der Waals surface area contributed by atoms with Gasteiger partial charge in [0.05, 0.1) is 6.61 Å². The van der Waals surface area contributed by atoms with Crippen LogP contribution in [0.4, 0.5) is 5.69 Å². The summed E-state index contributed by atoms with van der Waals surface area (Å²) in [7, 11) is 0. The van der Waals surface area contributed by atoms with Gasteiger partial charge in [0.1, 0.15) is 0 Å². The number of rotatable bonds is 6. The molecule has 5 heteroatoms. The number of nitrogens with one attached hydrogen (secondary N) is 1. The molecule has 0 aromatic heterocycles. The molecule has 2 aliphatic rings. The molecule has 1 unspecified atom stereocenters. The molecule has 1 saturated carbocycles. The molecule has 2 fully saturated rings. The van der Waals surface area contributed by atoms with E-state index in [1.807, 2.05) is 18.2 Å². The molecule has 1 heterocycles. The molecule has 0 bridgehead atoms. The van der Waals surface area contributed by atoms with Crippen LogP contribution in [0.25, 0.3) is 0 Å². The van der Waals surface area contributed by atoms with Gasteiger partial charge in [-0.05, 0) is 43.4 Å². The van der Waals surface area contributed by atoms with Gasteiger partial charge in [0.25, 0.3) is 0 Å². The maximum Gasteiger partial charge on any atom is 0.226 e. The molecule has 1 aliphatic carbocycles. The number of carbonyl (C=O) groups is 1. The Kier molecular flexibility index (Phi) is 6.01. The van der Waals surface area contributed by atoms with Gasteiger partial charge in [0, 0.05) is 35.8 Å². The summed E-state index contributed by atoms with van der Waals surface area (Å²) in [6.45, 7) is 1.50. The number of hydrogen-bond donors (Lipinski definition) is 2. The van der Waals surface area contributed by atoms with Crippen LogP contribution >= 0.6 is 11.6 Å². The van der Waals surface area contributed by atoms with Crippen LogP contribution < -0.4 is 5.32 Å². The van der Waals surface area contributed by atoms with Crippen LogP contribution in [0.2, 0.25) is 5.02 Å². The summed E-state index contributed by atoms with van der Waals surface area (Å²) < 4.78 is 0. The van der Waals surface area contributed by atoms with Crippen LogP contribution in [-0.2, 0) is 11.2 Å². The number of aliphatic hydroxyl groups is 1. The summed E-state index contributed by atoms with van der Waals surface area (Å²) in [6, 6.07) is 6.32. The van der Waals surface area contributed by atoms with Crippen LogP contribution in [0.1, 0.15) is 44.1 Å². The molecular weight excluding hydrogens is 324 g/mol. The van der Waals surface area contributed by atoms with Gasteiger partial charge in [0.15, 0.2) is 0 Å². The highest BCUT2D eigenvalue weighted by Crippen LogP contribution is 2.32. The van der Waals surface area contributed by atoms with E-state index in [1.54, 1.807) is 0 Å². The summed E-state index contributed by atoms with van der Waals surface area (Å²) in [6.07, 6.45) is 7.83. The molecule has 24 heavy (non-hydrogen) atoms. The molecule has 1 aromatic carbocycles. The number of halogens is 1.